The van der Waals surface area contributed by atoms with Crippen LogP contribution >= 0.6 is 0 Å². The first kappa shape index (κ1) is 17.8. The van der Waals surface area contributed by atoms with Crippen molar-refractivity contribution in [3.05, 3.63) is 54.1 Å². The molecule has 2 aromatic carbocycles. The summed E-state index contributed by atoms with van der Waals surface area (Å²) in [5.74, 6) is 1.17. The lowest BCUT2D eigenvalue weighted by atomic mass is 10.2. The highest BCUT2D eigenvalue weighted by Crippen LogP contribution is 2.24. The van der Waals surface area contributed by atoms with Crippen LogP contribution in [0.1, 0.15) is 24.2 Å². The first-order valence-electron chi connectivity index (χ1n) is 8.08. The second-order valence-corrected chi connectivity index (χ2v) is 4.95. The minimum Gasteiger partial charge on any atom is -0.492 e. The number of carbonyl (C=O) groups excluding carboxylic acids is 1. The van der Waals surface area contributed by atoms with Gasteiger partial charge in [-0.15, -0.1) is 0 Å². The fraction of sp³-hybridized carbons (Fsp3) is 0.316. The van der Waals surface area contributed by atoms with Gasteiger partial charge >= 0.3 is 0 Å². The highest BCUT2D eigenvalue weighted by Gasteiger charge is 2.09. The number of rotatable bonds is 9. The van der Waals surface area contributed by atoms with Crippen molar-refractivity contribution in [2.24, 2.45) is 0 Å². The van der Waals surface area contributed by atoms with Crippen LogP contribution in [0.2, 0.25) is 0 Å². The maximum Gasteiger partial charge on any atom is 0.255 e. The number of ether oxygens (including phenoxy) is 3. The average molecular weight is 329 g/mol. The fourth-order valence-corrected chi connectivity index (χ4v) is 2.11. The maximum atomic E-state index is 12.4. The minimum absolute atomic E-state index is 0.192. The molecule has 5 nitrogen and oxygen atoms in total. The number of amides is 1. The predicted octanol–water partition coefficient (Wildman–Crippen LogP) is 3.75. The lowest BCUT2D eigenvalue weighted by Gasteiger charge is -2.11. The van der Waals surface area contributed by atoms with Crippen molar-refractivity contribution in [1.82, 2.24) is 0 Å². The third-order valence-electron chi connectivity index (χ3n) is 3.25. The number of anilines is 1. The topological polar surface area (TPSA) is 56.8 Å². The zero-order valence-electron chi connectivity index (χ0n) is 14.1. The first-order chi connectivity index (χ1) is 11.7. The van der Waals surface area contributed by atoms with Crippen LogP contribution < -0.4 is 14.8 Å². The molecule has 5 heteroatoms. The van der Waals surface area contributed by atoms with Crippen LogP contribution in [0.5, 0.6) is 11.5 Å². The Labute approximate surface area is 142 Å². The molecular weight excluding hydrogens is 306 g/mol. The van der Waals surface area contributed by atoms with E-state index < -0.39 is 0 Å². The molecule has 0 heterocycles. The summed E-state index contributed by atoms with van der Waals surface area (Å²) >= 11 is 0. The molecule has 0 saturated heterocycles. The van der Waals surface area contributed by atoms with Crippen molar-refractivity contribution in [3.8, 4) is 11.5 Å². The van der Waals surface area contributed by atoms with Crippen LogP contribution in [-0.2, 0) is 4.74 Å². The number of hydrogen-bond donors (Lipinski definition) is 1. The summed E-state index contributed by atoms with van der Waals surface area (Å²) in [6, 6.07) is 14.4. The molecule has 0 bridgehead atoms. The zero-order valence-corrected chi connectivity index (χ0v) is 14.1. The van der Waals surface area contributed by atoms with Crippen molar-refractivity contribution in [3.63, 3.8) is 0 Å². The van der Waals surface area contributed by atoms with E-state index in [9.17, 15) is 4.79 Å². The van der Waals surface area contributed by atoms with Crippen LogP contribution in [0.15, 0.2) is 48.5 Å². The van der Waals surface area contributed by atoms with Gasteiger partial charge in [0.1, 0.15) is 18.1 Å². The fourth-order valence-electron chi connectivity index (χ4n) is 2.11. The van der Waals surface area contributed by atoms with Crippen molar-refractivity contribution in [2.75, 3.05) is 31.7 Å². The Bertz CT molecular complexity index is 640. The van der Waals surface area contributed by atoms with E-state index in [-0.39, 0.29) is 5.91 Å². The molecule has 0 aliphatic heterocycles. The van der Waals surface area contributed by atoms with E-state index in [4.69, 9.17) is 14.2 Å². The van der Waals surface area contributed by atoms with Crippen LogP contribution in [0.3, 0.4) is 0 Å². The van der Waals surface area contributed by atoms with Gasteiger partial charge in [-0.05, 0) is 50.2 Å². The lowest BCUT2D eigenvalue weighted by molar-refractivity contribution is 0.102. The Balaban J connectivity index is 1.95. The Morgan fingerprint density at radius 2 is 1.67 bits per heavy atom. The first-order valence-corrected chi connectivity index (χ1v) is 8.08. The summed E-state index contributed by atoms with van der Waals surface area (Å²) < 4.78 is 16.3. The zero-order chi connectivity index (χ0) is 17.2. The summed E-state index contributed by atoms with van der Waals surface area (Å²) in [6.07, 6.45) is 0. The minimum atomic E-state index is -0.192. The summed E-state index contributed by atoms with van der Waals surface area (Å²) in [5, 5.41) is 2.87. The van der Waals surface area contributed by atoms with E-state index in [2.05, 4.69) is 5.32 Å². The second-order valence-electron chi connectivity index (χ2n) is 4.95. The van der Waals surface area contributed by atoms with E-state index in [1.165, 1.54) is 0 Å². The van der Waals surface area contributed by atoms with Gasteiger partial charge in [-0.2, -0.15) is 0 Å². The Morgan fingerprint density at radius 1 is 0.917 bits per heavy atom. The Morgan fingerprint density at radius 3 is 2.38 bits per heavy atom. The molecule has 0 unspecified atom stereocenters. The van der Waals surface area contributed by atoms with Gasteiger partial charge in [-0.3, -0.25) is 4.79 Å². The van der Waals surface area contributed by atoms with Gasteiger partial charge in [0.2, 0.25) is 0 Å². The van der Waals surface area contributed by atoms with Crippen LogP contribution in [0.4, 0.5) is 5.69 Å². The molecule has 0 aliphatic rings. The highest BCUT2D eigenvalue weighted by atomic mass is 16.5. The van der Waals surface area contributed by atoms with E-state index in [0.717, 1.165) is 0 Å². The Hall–Kier alpha value is -2.53. The molecular formula is C19H23NO4. The smallest absolute Gasteiger partial charge is 0.255 e. The monoisotopic (exact) mass is 329 g/mol. The quantitative estimate of drug-likeness (QED) is 0.712. The number of benzene rings is 2. The van der Waals surface area contributed by atoms with E-state index >= 15 is 0 Å². The highest BCUT2D eigenvalue weighted by molar-refractivity contribution is 6.05. The molecule has 128 valence electrons. The number of para-hydroxylation sites is 2. The molecule has 1 N–H and O–H groups in total. The van der Waals surface area contributed by atoms with Gasteiger partial charge < -0.3 is 19.5 Å². The predicted molar refractivity (Wildman–Crippen MR) is 94.0 cm³/mol. The average Bonchev–Trinajstić information content (AvgIpc) is 2.61. The summed E-state index contributed by atoms with van der Waals surface area (Å²) in [6.45, 7) is 6.10. The maximum absolute atomic E-state index is 12.4. The van der Waals surface area contributed by atoms with Crippen molar-refractivity contribution in [1.29, 1.82) is 0 Å². The van der Waals surface area contributed by atoms with Gasteiger partial charge in [0.05, 0.1) is 18.9 Å². The molecule has 0 saturated carbocycles. The van der Waals surface area contributed by atoms with E-state index in [1.54, 1.807) is 24.3 Å². The van der Waals surface area contributed by atoms with E-state index in [0.29, 0.717) is 49.2 Å². The van der Waals surface area contributed by atoms with Crippen molar-refractivity contribution >= 4 is 11.6 Å². The summed E-state index contributed by atoms with van der Waals surface area (Å²) in [7, 11) is 0. The molecule has 1 amide bonds. The van der Waals surface area contributed by atoms with Gasteiger partial charge in [0.25, 0.3) is 5.91 Å². The van der Waals surface area contributed by atoms with Crippen molar-refractivity contribution < 1.29 is 19.0 Å². The van der Waals surface area contributed by atoms with Gasteiger partial charge in [0.15, 0.2) is 0 Å². The standard InChI is InChI=1S/C19H23NO4/c1-3-22-13-14-24-16-11-9-15(10-12-16)19(21)20-17-7-5-6-8-18(17)23-4-2/h5-12H,3-4,13-14H2,1-2H3,(H,20,21). The molecule has 0 atom stereocenters. The summed E-state index contributed by atoms with van der Waals surface area (Å²) in [4.78, 5) is 12.4. The largest absolute Gasteiger partial charge is 0.492 e. The third kappa shape index (κ3) is 5.28. The molecule has 2 aromatic rings. The molecule has 24 heavy (non-hydrogen) atoms. The second kappa shape index (κ2) is 9.57. The number of nitrogens with one attached hydrogen (secondary N) is 1. The molecule has 0 radical (unpaired) electrons. The molecule has 2 rings (SSSR count). The van der Waals surface area contributed by atoms with Crippen molar-refractivity contribution in [2.45, 2.75) is 13.8 Å². The summed E-state index contributed by atoms with van der Waals surface area (Å²) in [5.41, 5.74) is 1.21. The number of carbonyl (C=O) groups is 1. The normalized spacial score (nSPS) is 10.2. The molecule has 0 aromatic heterocycles. The van der Waals surface area contributed by atoms with Gasteiger partial charge in [0, 0.05) is 12.2 Å². The van der Waals surface area contributed by atoms with Crippen LogP contribution in [-0.4, -0.2) is 32.3 Å². The number of hydrogen-bond acceptors (Lipinski definition) is 4. The molecule has 0 aliphatic carbocycles. The Kier molecular flexibility index (Phi) is 7.11. The third-order valence-corrected chi connectivity index (χ3v) is 3.25. The SMILES string of the molecule is CCOCCOc1ccc(C(=O)Nc2ccccc2OCC)cc1. The van der Waals surface area contributed by atoms with Crippen LogP contribution in [0.25, 0.3) is 0 Å². The molecule has 0 fully saturated rings. The van der Waals surface area contributed by atoms with Crippen LogP contribution in [0, 0.1) is 0 Å². The lowest BCUT2D eigenvalue weighted by Crippen LogP contribution is -2.13. The van der Waals surface area contributed by atoms with Gasteiger partial charge in [-0.1, -0.05) is 12.1 Å². The van der Waals surface area contributed by atoms with E-state index in [1.807, 2.05) is 38.1 Å². The molecule has 0 spiro atoms. The van der Waals surface area contributed by atoms with Gasteiger partial charge in [-0.25, -0.2) is 0 Å².